The van der Waals surface area contributed by atoms with Crippen LogP contribution in [0.15, 0.2) is 46.2 Å². The van der Waals surface area contributed by atoms with Gasteiger partial charge in [0.2, 0.25) is 0 Å². The summed E-state index contributed by atoms with van der Waals surface area (Å²) in [5.74, 6) is 0.689. The number of hydrogen-bond donors (Lipinski definition) is 1. The van der Waals surface area contributed by atoms with Gasteiger partial charge in [-0.25, -0.2) is 9.97 Å². The minimum Gasteiger partial charge on any atom is -0.395 e. The Kier molecular flexibility index (Phi) is 5.55. The molecule has 8 nitrogen and oxygen atoms in total. The molecule has 1 unspecified atom stereocenters. The lowest BCUT2D eigenvalue weighted by Crippen LogP contribution is -2.35. The molecule has 0 amide bonds. The largest absolute Gasteiger partial charge is 0.395 e. The fourth-order valence-electron chi connectivity index (χ4n) is 4.06. The van der Waals surface area contributed by atoms with Gasteiger partial charge in [-0.15, -0.1) is 0 Å². The van der Waals surface area contributed by atoms with Crippen LogP contribution in [0.5, 0.6) is 0 Å². The Balaban J connectivity index is 1.66. The minimum atomic E-state index is -0.121. The molecular formula is C21H25N5O3. The zero-order valence-corrected chi connectivity index (χ0v) is 16.5. The Morgan fingerprint density at radius 1 is 1.17 bits per heavy atom. The van der Waals surface area contributed by atoms with Crippen molar-refractivity contribution in [2.24, 2.45) is 0 Å². The lowest BCUT2D eigenvalue weighted by atomic mass is 10.1. The number of rotatable bonds is 6. The van der Waals surface area contributed by atoms with Crippen LogP contribution in [0.1, 0.15) is 30.4 Å². The third-order valence-electron chi connectivity index (χ3n) is 5.52. The number of nitrogens with zero attached hydrogens (tertiary/aromatic N) is 5. The van der Waals surface area contributed by atoms with Crippen molar-refractivity contribution in [3.8, 4) is 0 Å². The molecule has 4 rings (SSSR count). The summed E-state index contributed by atoms with van der Waals surface area (Å²) in [4.78, 5) is 36.4. The van der Waals surface area contributed by atoms with Crippen molar-refractivity contribution >= 4 is 10.9 Å². The normalized spacial score (nSPS) is 17.2. The number of hydrogen-bond acceptors (Lipinski definition) is 6. The topological polar surface area (TPSA) is 93.2 Å². The third-order valence-corrected chi connectivity index (χ3v) is 5.52. The lowest BCUT2D eigenvalue weighted by molar-refractivity contribution is 0.222. The second kappa shape index (κ2) is 8.26. The summed E-state index contributed by atoms with van der Waals surface area (Å²) in [5.41, 5.74) is 1.20. The van der Waals surface area contributed by atoms with Crippen LogP contribution in [-0.4, -0.2) is 48.8 Å². The molecule has 1 aliphatic rings. The highest BCUT2D eigenvalue weighted by Crippen LogP contribution is 2.30. The highest BCUT2D eigenvalue weighted by Gasteiger charge is 2.30. The Labute approximate surface area is 168 Å². The van der Waals surface area contributed by atoms with E-state index in [-0.39, 0.29) is 30.3 Å². The summed E-state index contributed by atoms with van der Waals surface area (Å²) < 4.78 is 3.21. The van der Waals surface area contributed by atoms with E-state index in [4.69, 9.17) is 4.98 Å². The maximum absolute atomic E-state index is 13.0. The molecule has 1 aromatic carbocycles. The first kappa shape index (κ1) is 19.5. The van der Waals surface area contributed by atoms with Crippen molar-refractivity contribution in [2.75, 3.05) is 19.7 Å². The molecule has 1 fully saturated rings. The number of aliphatic hydroxyl groups excluding tert-OH is 1. The molecule has 0 radical (unpaired) electrons. The highest BCUT2D eigenvalue weighted by molar-refractivity contribution is 5.77. The first-order chi connectivity index (χ1) is 14.1. The van der Waals surface area contributed by atoms with Gasteiger partial charge >= 0.3 is 0 Å². The van der Waals surface area contributed by atoms with Gasteiger partial charge in [-0.05, 0) is 38.4 Å². The van der Waals surface area contributed by atoms with Crippen LogP contribution in [0.3, 0.4) is 0 Å². The Morgan fingerprint density at radius 3 is 2.79 bits per heavy atom. The van der Waals surface area contributed by atoms with E-state index in [0.717, 1.165) is 19.4 Å². The van der Waals surface area contributed by atoms with Crippen LogP contribution in [0.2, 0.25) is 0 Å². The van der Waals surface area contributed by atoms with Crippen molar-refractivity contribution in [3.05, 3.63) is 68.9 Å². The van der Waals surface area contributed by atoms with Crippen molar-refractivity contribution in [2.45, 2.75) is 38.9 Å². The minimum absolute atomic E-state index is 0.0204. The number of fused-ring (bicyclic) bond motifs is 1. The number of benzene rings is 1. The number of aliphatic hydroxyl groups is 1. The van der Waals surface area contributed by atoms with Crippen LogP contribution in [-0.2, 0) is 13.1 Å². The predicted octanol–water partition coefficient (Wildman–Crippen LogP) is 1.09. The van der Waals surface area contributed by atoms with Gasteiger partial charge in [-0.2, -0.15) is 0 Å². The van der Waals surface area contributed by atoms with E-state index in [2.05, 4.69) is 9.88 Å². The summed E-state index contributed by atoms with van der Waals surface area (Å²) in [5, 5.41) is 10.1. The quantitative estimate of drug-likeness (QED) is 0.672. The molecule has 1 aliphatic heterocycles. The Hall–Kier alpha value is -2.84. The van der Waals surface area contributed by atoms with E-state index < -0.39 is 0 Å². The molecule has 2 aromatic heterocycles. The Morgan fingerprint density at radius 2 is 2.00 bits per heavy atom. The zero-order valence-electron chi connectivity index (χ0n) is 16.5. The SMILES string of the molecule is Cc1cc(=O)n(CCN2CCCC2c2nc3ccccc3c(=O)n2CCO)cn1. The van der Waals surface area contributed by atoms with Crippen molar-refractivity contribution < 1.29 is 5.11 Å². The van der Waals surface area contributed by atoms with Crippen LogP contribution in [0.4, 0.5) is 0 Å². The van der Waals surface area contributed by atoms with Crippen LogP contribution < -0.4 is 11.1 Å². The molecule has 0 aliphatic carbocycles. The fourth-order valence-corrected chi connectivity index (χ4v) is 4.06. The molecule has 3 aromatic rings. The molecule has 29 heavy (non-hydrogen) atoms. The molecule has 1 atom stereocenters. The van der Waals surface area contributed by atoms with E-state index >= 15 is 0 Å². The van der Waals surface area contributed by atoms with Gasteiger partial charge in [0.05, 0.1) is 36.4 Å². The maximum Gasteiger partial charge on any atom is 0.261 e. The monoisotopic (exact) mass is 395 g/mol. The maximum atomic E-state index is 13.0. The van der Waals surface area contributed by atoms with Crippen LogP contribution in [0, 0.1) is 6.92 Å². The third kappa shape index (κ3) is 3.86. The van der Waals surface area contributed by atoms with E-state index in [0.29, 0.717) is 35.5 Å². The molecule has 1 N–H and O–H groups in total. The van der Waals surface area contributed by atoms with Crippen molar-refractivity contribution in [1.82, 2.24) is 24.0 Å². The number of aromatic nitrogens is 4. The average molecular weight is 395 g/mol. The molecule has 1 saturated heterocycles. The van der Waals surface area contributed by atoms with Gasteiger partial charge in [0.15, 0.2) is 0 Å². The van der Waals surface area contributed by atoms with Gasteiger partial charge in [0.25, 0.3) is 11.1 Å². The van der Waals surface area contributed by atoms with Gasteiger partial charge in [-0.1, -0.05) is 12.1 Å². The first-order valence-corrected chi connectivity index (χ1v) is 9.96. The summed E-state index contributed by atoms with van der Waals surface area (Å²) in [6.45, 7) is 3.97. The number of aryl methyl sites for hydroxylation is 1. The fraction of sp³-hybridized carbons (Fsp3) is 0.429. The second-order valence-electron chi connectivity index (χ2n) is 7.42. The smallest absolute Gasteiger partial charge is 0.261 e. The molecule has 8 heteroatoms. The van der Waals surface area contributed by atoms with Crippen LogP contribution >= 0.6 is 0 Å². The van der Waals surface area contributed by atoms with E-state index in [9.17, 15) is 14.7 Å². The average Bonchev–Trinajstić information content (AvgIpc) is 3.18. The lowest BCUT2D eigenvalue weighted by Gasteiger charge is -2.26. The van der Waals surface area contributed by atoms with Crippen molar-refractivity contribution in [1.29, 1.82) is 0 Å². The summed E-state index contributed by atoms with van der Waals surface area (Å²) >= 11 is 0. The van der Waals surface area contributed by atoms with Crippen LogP contribution in [0.25, 0.3) is 10.9 Å². The Bertz CT molecular complexity index is 1140. The molecule has 0 bridgehead atoms. The summed E-state index contributed by atoms with van der Waals surface area (Å²) in [6, 6.07) is 8.83. The molecule has 152 valence electrons. The predicted molar refractivity (Wildman–Crippen MR) is 110 cm³/mol. The van der Waals surface area contributed by atoms with Gasteiger partial charge in [0.1, 0.15) is 5.82 Å². The zero-order chi connectivity index (χ0) is 20.4. The van der Waals surface area contributed by atoms with Gasteiger partial charge in [-0.3, -0.25) is 23.6 Å². The van der Waals surface area contributed by atoms with Gasteiger partial charge < -0.3 is 5.11 Å². The van der Waals surface area contributed by atoms with E-state index in [1.165, 1.54) is 6.07 Å². The number of para-hydroxylation sites is 1. The summed E-state index contributed by atoms with van der Waals surface area (Å²) in [6.07, 6.45) is 3.46. The van der Waals surface area contributed by atoms with E-state index in [1.807, 2.05) is 18.2 Å². The molecule has 0 spiro atoms. The number of likely N-dealkylation sites (tertiary alicyclic amines) is 1. The second-order valence-corrected chi connectivity index (χ2v) is 7.42. The first-order valence-electron chi connectivity index (χ1n) is 9.96. The van der Waals surface area contributed by atoms with Crippen molar-refractivity contribution in [3.63, 3.8) is 0 Å². The standard InChI is InChI=1S/C21H25N5O3/c1-15-13-19(28)25(14-22-15)10-9-24-8-4-7-18(24)20-23-17-6-3-2-5-16(17)21(29)26(20)11-12-27/h2-3,5-6,13-14,18,27H,4,7-12H2,1H3. The molecule has 0 saturated carbocycles. The summed E-state index contributed by atoms with van der Waals surface area (Å²) in [7, 11) is 0. The van der Waals surface area contributed by atoms with Gasteiger partial charge in [0, 0.05) is 24.8 Å². The highest BCUT2D eigenvalue weighted by atomic mass is 16.3. The van der Waals surface area contributed by atoms with E-state index in [1.54, 1.807) is 28.5 Å². The molecular weight excluding hydrogens is 370 g/mol. The molecule has 3 heterocycles.